The van der Waals surface area contributed by atoms with Crippen LogP contribution in [0.5, 0.6) is 0 Å². The smallest absolute Gasteiger partial charge is 0.330 e. The minimum atomic E-state index is -0.867. The third-order valence-electron chi connectivity index (χ3n) is 8.02. The summed E-state index contributed by atoms with van der Waals surface area (Å²) in [5.41, 5.74) is 2.18. The van der Waals surface area contributed by atoms with Crippen LogP contribution in [0.15, 0.2) is 60.3 Å². The molecule has 2 bridgehead atoms. The quantitative estimate of drug-likeness (QED) is 0.181. The molecule has 43 heavy (non-hydrogen) atoms. The Morgan fingerprint density at radius 1 is 1.07 bits per heavy atom. The van der Waals surface area contributed by atoms with Gasteiger partial charge in [-0.2, -0.15) is 0 Å². The van der Waals surface area contributed by atoms with Crippen molar-refractivity contribution in [3.63, 3.8) is 0 Å². The molecule has 0 aliphatic carbocycles. The molecule has 1 saturated heterocycles. The molecule has 4 heterocycles. The topological polar surface area (TPSA) is 110 Å². The Hall–Kier alpha value is -3.01. The number of cyclic esters (lactones) is 1. The maximum Gasteiger partial charge on any atom is 0.330 e. The largest absolute Gasteiger partial charge is 0.459 e. The fourth-order valence-electron chi connectivity index (χ4n) is 6.05. The number of hydrogen-bond acceptors (Lipinski definition) is 9. The van der Waals surface area contributed by atoms with Crippen molar-refractivity contribution >= 4 is 17.9 Å². The molecule has 9 nitrogen and oxygen atoms in total. The van der Waals surface area contributed by atoms with E-state index in [4.69, 9.17) is 28.4 Å². The number of fused-ring (bicyclic) bond motifs is 3. The van der Waals surface area contributed by atoms with Crippen LogP contribution in [0.2, 0.25) is 0 Å². The molecule has 0 N–H and O–H groups in total. The Labute approximate surface area is 254 Å². The van der Waals surface area contributed by atoms with Crippen molar-refractivity contribution in [2.75, 3.05) is 6.61 Å². The number of rotatable bonds is 5. The molecule has 1 unspecified atom stereocenters. The SMILES string of the molecule is C=C1C[C@H](C)C[C@@H]2CC=C[C@@H](CC=CC(=O)O[C@H](C(C=C[C@@H]3CC(C)=CCO3)OC(C)=O)C[C@@H]3O[C@H]3[C@@H](OC(C)=O)C1)O2. The number of esters is 3. The number of carbonyl (C=O) groups is 3. The zero-order chi connectivity index (χ0) is 30.9. The Morgan fingerprint density at radius 2 is 1.88 bits per heavy atom. The van der Waals surface area contributed by atoms with Crippen molar-refractivity contribution in [3.05, 3.63) is 60.3 Å². The van der Waals surface area contributed by atoms with Gasteiger partial charge in [-0.1, -0.05) is 55.0 Å². The molecule has 0 radical (unpaired) electrons. The van der Waals surface area contributed by atoms with E-state index in [2.05, 4.69) is 19.6 Å². The molecule has 0 aromatic rings. The molecule has 0 aromatic heterocycles. The highest BCUT2D eigenvalue weighted by Gasteiger charge is 2.49. The molecule has 9 atom stereocenters. The van der Waals surface area contributed by atoms with Gasteiger partial charge in [0.05, 0.1) is 31.0 Å². The molecule has 0 amide bonds. The average Bonchev–Trinajstić information content (AvgIpc) is 3.68. The van der Waals surface area contributed by atoms with E-state index in [-0.39, 0.29) is 30.8 Å². The van der Waals surface area contributed by atoms with Crippen LogP contribution in [0.1, 0.15) is 72.6 Å². The minimum absolute atomic E-state index is 0.0746. The van der Waals surface area contributed by atoms with Crippen LogP contribution in [-0.4, -0.2) is 73.3 Å². The van der Waals surface area contributed by atoms with Crippen LogP contribution in [0.4, 0.5) is 0 Å². The monoisotopic (exact) mass is 598 g/mol. The predicted octanol–water partition coefficient (Wildman–Crippen LogP) is 5.25. The van der Waals surface area contributed by atoms with Gasteiger partial charge in [-0.15, -0.1) is 0 Å². The van der Waals surface area contributed by atoms with Crippen molar-refractivity contribution in [1.29, 1.82) is 0 Å². The molecular weight excluding hydrogens is 552 g/mol. The summed E-state index contributed by atoms with van der Waals surface area (Å²) in [5, 5.41) is 0. The number of ether oxygens (including phenoxy) is 6. The lowest BCUT2D eigenvalue weighted by Crippen LogP contribution is -2.36. The van der Waals surface area contributed by atoms with Crippen molar-refractivity contribution < 1.29 is 42.8 Å². The van der Waals surface area contributed by atoms with Gasteiger partial charge >= 0.3 is 17.9 Å². The standard InChI is InChI=1S/C34H46O9/c1-21-14-15-38-27(17-21)12-13-29(39-24(4)35)30-20-32-34(43-32)31(40-25(5)36)19-23(3)16-22(2)18-28-10-6-8-26(41-28)9-7-11-33(37)42-30/h6-8,11-14,22,26-32,34H,3,9-10,15-20H2,1-2,4-5H3/t22-,26-,27+,28-,29?,30-,31-,32-,34-/m0/s1. The molecule has 4 aliphatic rings. The summed E-state index contributed by atoms with van der Waals surface area (Å²) in [6.45, 7) is 11.7. The lowest BCUT2D eigenvalue weighted by atomic mass is 9.90. The molecule has 236 valence electrons. The van der Waals surface area contributed by atoms with Crippen LogP contribution < -0.4 is 0 Å². The molecule has 0 aromatic carbocycles. The maximum absolute atomic E-state index is 13.0. The van der Waals surface area contributed by atoms with Gasteiger partial charge in [-0.05, 0) is 51.0 Å². The van der Waals surface area contributed by atoms with E-state index in [9.17, 15) is 14.4 Å². The van der Waals surface area contributed by atoms with Crippen molar-refractivity contribution in [2.24, 2.45) is 5.92 Å². The van der Waals surface area contributed by atoms with Crippen molar-refractivity contribution in [2.45, 2.75) is 121 Å². The molecular formula is C34H46O9. The first kappa shape index (κ1) is 32.9. The average molecular weight is 599 g/mol. The van der Waals surface area contributed by atoms with Crippen LogP contribution >= 0.6 is 0 Å². The van der Waals surface area contributed by atoms with Gasteiger partial charge in [0.1, 0.15) is 18.3 Å². The van der Waals surface area contributed by atoms with Crippen LogP contribution in [0.25, 0.3) is 0 Å². The summed E-state index contributed by atoms with van der Waals surface area (Å²) in [7, 11) is 0. The zero-order valence-corrected chi connectivity index (χ0v) is 25.8. The first-order valence-electron chi connectivity index (χ1n) is 15.4. The van der Waals surface area contributed by atoms with E-state index in [0.29, 0.717) is 25.4 Å². The zero-order valence-electron chi connectivity index (χ0n) is 25.8. The highest BCUT2D eigenvalue weighted by Crippen LogP contribution is 2.37. The summed E-state index contributed by atoms with van der Waals surface area (Å²) >= 11 is 0. The van der Waals surface area contributed by atoms with Gasteiger partial charge in [0.2, 0.25) is 0 Å². The van der Waals surface area contributed by atoms with Crippen molar-refractivity contribution in [1.82, 2.24) is 0 Å². The van der Waals surface area contributed by atoms with Gasteiger partial charge in [-0.25, -0.2) is 4.79 Å². The maximum atomic E-state index is 13.0. The molecule has 4 aliphatic heterocycles. The van der Waals surface area contributed by atoms with E-state index in [1.807, 2.05) is 25.2 Å². The lowest BCUT2D eigenvalue weighted by molar-refractivity contribution is -0.160. The van der Waals surface area contributed by atoms with Gasteiger partial charge in [-0.3, -0.25) is 9.59 Å². The fraction of sp³-hybridized carbons (Fsp3) is 0.618. The van der Waals surface area contributed by atoms with E-state index in [0.717, 1.165) is 31.3 Å². The van der Waals surface area contributed by atoms with Crippen molar-refractivity contribution in [3.8, 4) is 0 Å². The first-order valence-corrected chi connectivity index (χ1v) is 15.4. The fourth-order valence-corrected chi connectivity index (χ4v) is 6.05. The van der Waals surface area contributed by atoms with Gasteiger partial charge in [0, 0.05) is 32.8 Å². The molecule has 4 rings (SSSR count). The van der Waals surface area contributed by atoms with Gasteiger partial charge in [0.15, 0.2) is 6.10 Å². The Kier molecular flexibility index (Phi) is 12.0. The van der Waals surface area contributed by atoms with E-state index in [1.165, 1.54) is 25.5 Å². The molecule has 9 heteroatoms. The number of carbonyl (C=O) groups excluding carboxylic acids is 3. The Balaban J connectivity index is 1.57. The second-order valence-electron chi connectivity index (χ2n) is 12.2. The third-order valence-corrected chi connectivity index (χ3v) is 8.02. The summed E-state index contributed by atoms with van der Waals surface area (Å²) in [4.78, 5) is 37.2. The normalized spacial score (nSPS) is 34.7. The highest BCUT2D eigenvalue weighted by atomic mass is 16.6. The molecule has 1 fully saturated rings. The van der Waals surface area contributed by atoms with Crippen LogP contribution in [0, 0.1) is 5.92 Å². The van der Waals surface area contributed by atoms with Gasteiger partial charge < -0.3 is 28.4 Å². The van der Waals surface area contributed by atoms with E-state index >= 15 is 0 Å². The minimum Gasteiger partial charge on any atom is -0.459 e. The third kappa shape index (κ3) is 10.9. The Morgan fingerprint density at radius 3 is 2.63 bits per heavy atom. The number of hydrogen-bond donors (Lipinski definition) is 0. The summed E-state index contributed by atoms with van der Waals surface area (Å²) in [6, 6.07) is 0. The first-order chi connectivity index (χ1) is 20.5. The summed E-state index contributed by atoms with van der Waals surface area (Å²) < 4.78 is 35.3. The molecule has 0 saturated carbocycles. The second kappa shape index (κ2) is 15.6. The predicted molar refractivity (Wildman–Crippen MR) is 160 cm³/mol. The van der Waals surface area contributed by atoms with E-state index < -0.39 is 42.3 Å². The summed E-state index contributed by atoms with van der Waals surface area (Å²) in [5.74, 6) is -1.14. The van der Waals surface area contributed by atoms with Crippen LogP contribution in [0.3, 0.4) is 0 Å². The van der Waals surface area contributed by atoms with E-state index in [1.54, 1.807) is 12.2 Å². The second-order valence-corrected chi connectivity index (χ2v) is 12.2. The summed E-state index contributed by atoms with van der Waals surface area (Å²) in [6.07, 6.45) is 14.1. The van der Waals surface area contributed by atoms with Crippen LogP contribution in [-0.2, 0) is 42.8 Å². The highest BCUT2D eigenvalue weighted by molar-refractivity contribution is 5.82. The Bertz CT molecular complexity index is 1130. The van der Waals surface area contributed by atoms with Gasteiger partial charge in [0.25, 0.3) is 0 Å². The molecule has 0 spiro atoms. The lowest BCUT2D eigenvalue weighted by Gasteiger charge is -2.28. The number of epoxide rings is 1.